The van der Waals surface area contributed by atoms with Crippen LogP contribution in [0.2, 0.25) is 0 Å². The number of aromatic nitrogens is 2. The molecule has 4 aromatic rings. The fourth-order valence-corrected chi connectivity index (χ4v) is 4.37. The van der Waals surface area contributed by atoms with E-state index in [4.69, 9.17) is 0 Å². The quantitative estimate of drug-likeness (QED) is 0.479. The van der Waals surface area contributed by atoms with Gasteiger partial charge in [0.1, 0.15) is 5.69 Å². The molecule has 0 unspecified atom stereocenters. The van der Waals surface area contributed by atoms with Crippen molar-refractivity contribution in [1.29, 1.82) is 0 Å². The number of piperazine rings is 1. The van der Waals surface area contributed by atoms with E-state index < -0.39 is 0 Å². The number of nitrogens with zero attached hydrogens (tertiary/aromatic N) is 4. The molecule has 1 aliphatic rings. The van der Waals surface area contributed by atoms with E-state index in [0.29, 0.717) is 25.3 Å². The van der Waals surface area contributed by atoms with Crippen molar-refractivity contribution < 1.29 is 4.79 Å². The first-order valence-corrected chi connectivity index (χ1v) is 11.3. The van der Waals surface area contributed by atoms with Crippen LogP contribution in [0.1, 0.15) is 21.6 Å². The molecule has 0 bridgehead atoms. The summed E-state index contributed by atoms with van der Waals surface area (Å²) in [6.45, 7) is 4.10. The predicted molar refractivity (Wildman–Crippen MR) is 129 cm³/mol. The first kappa shape index (κ1) is 21.1. The van der Waals surface area contributed by atoms with Crippen molar-refractivity contribution in [1.82, 2.24) is 19.6 Å². The van der Waals surface area contributed by atoms with Gasteiger partial charge >= 0.3 is 0 Å². The molecule has 1 aliphatic heterocycles. The average Bonchev–Trinajstić information content (AvgIpc) is 2.86. The highest BCUT2D eigenvalue weighted by molar-refractivity contribution is 5.92. The first-order valence-electron chi connectivity index (χ1n) is 11.3. The Morgan fingerprint density at radius 1 is 0.758 bits per heavy atom. The Labute approximate surface area is 192 Å². The summed E-state index contributed by atoms with van der Waals surface area (Å²) in [6, 6.07) is 27.5. The van der Waals surface area contributed by atoms with Crippen LogP contribution in [0.15, 0.2) is 89.7 Å². The number of carbonyl (C=O) groups is 1. The maximum absolute atomic E-state index is 13.1. The van der Waals surface area contributed by atoms with Crippen molar-refractivity contribution >= 4 is 16.7 Å². The van der Waals surface area contributed by atoms with Gasteiger partial charge in [-0.1, -0.05) is 72.8 Å². The molecule has 2 heterocycles. The first-order chi connectivity index (χ1) is 16.2. The van der Waals surface area contributed by atoms with E-state index >= 15 is 0 Å². The van der Waals surface area contributed by atoms with Crippen LogP contribution < -0.4 is 5.56 Å². The van der Waals surface area contributed by atoms with Crippen molar-refractivity contribution in [3.8, 4) is 0 Å². The predicted octanol–water partition coefficient (Wildman–Crippen LogP) is 3.40. The van der Waals surface area contributed by atoms with Gasteiger partial charge in [-0.15, -0.1) is 0 Å². The summed E-state index contributed by atoms with van der Waals surface area (Å²) in [4.78, 5) is 29.6. The second kappa shape index (κ2) is 9.38. The fourth-order valence-electron chi connectivity index (χ4n) is 4.37. The van der Waals surface area contributed by atoms with E-state index in [2.05, 4.69) is 52.5 Å². The van der Waals surface area contributed by atoms with Gasteiger partial charge in [-0.25, -0.2) is 4.68 Å². The van der Waals surface area contributed by atoms with Gasteiger partial charge in [-0.2, -0.15) is 5.10 Å². The number of amides is 1. The smallest absolute Gasteiger partial charge is 0.274 e. The standard InChI is InChI=1S/C27H26N4O2/c32-26-14-13-25(28-31(26)19-21-7-2-1-3-8-21)27(33)30-17-15-29(16-18-30)20-23-11-6-10-22-9-4-5-12-24(22)23/h1-14H,15-20H2. The molecule has 1 amide bonds. The van der Waals surface area contributed by atoms with Crippen molar-refractivity contribution in [2.24, 2.45) is 0 Å². The highest BCUT2D eigenvalue weighted by Gasteiger charge is 2.24. The maximum Gasteiger partial charge on any atom is 0.274 e. The van der Waals surface area contributed by atoms with E-state index in [9.17, 15) is 9.59 Å². The molecule has 0 saturated carbocycles. The van der Waals surface area contributed by atoms with Crippen LogP contribution >= 0.6 is 0 Å². The number of carbonyl (C=O) groups excluding carboxylic acids is 1. The minimum Gasteiger partial charge on any atom is -0.335 e. The molecular formula is C27H26N4O2. The minimum atomic E-state index is -0.213. The summed E-state index contributed by atoms with van der Waals surface area (Å²) in [5.74, 6) is -0.123. The van der Waals surface area contributed by atoms with E-state index in [1.807, 2.05) is 35.2 Å². The fraction of sp³-hybridized carbons (Fsp3) is 0.222. The monoisotopic (exact) mass is 438 g/mol. The molecule has 3 aromatic carbocycles. The summed E-state index contributed by atoms with van der Waals surface area (Å²) < 4.78 is 1.36. The Kier molecular flexibility index (Phi) is 6.00. The lowest BCUT2D eigenvalue weighted by molar-refractivity contribution is 0.0620. The van der Waals surface area contributed by atoms with Crippen LogP contribution in [0.3, 0.4) is 0 Å². The van der Waals surface area contributed by atoms with Gasteiger partial charge in [0.2, 0.25) is 0 Å². The topological polar surface area (TPSA) is 58.4 Å². The Bertz CT molecular complexity index is 1320. The van der Waals surface area contributed by atoms with Crippen molar-refractivity contribution in [3.63, 3.8) is 0 Å². The van der Waals surface area contributed by atoms with Gasteiger partial charge in [-0.05, 0) is 28.0 Å². The maximum atomic E-state index is 13.1. The summed E-state index contributed by atoms with van der Waals surface area (Å²) >= 11 is 0. The number of hydrogen-bond donors (Lipinski definition) is 0. The van der Waals surface area contributed by atoms with Gasteiger partial charge in [0.05, 0.1) is 6.54 Å². The molecule has 0 atom stereocenters. The lowest BCUT2D eigenvalue weighted by atomic mass is 10.0. The Morgan fingerprint density at radius 2 is 1.48 bits per heavy atom. The number of benzene rings is 3. The Morgan fingerprint density at radius 3 is 2.30 bits per heavy atom. The molecule has 5 rings (SSSR count). The van der Waals surface area contributed by atoms with Crippen molar-refractivity contribution in [2.45, 2.75) is 13.1 Å². The van der Waals surface area contributed by atoms with Gasteiger partial charge < -0.3 is 4.90 Å². The highest BCUT2D eigenvalue weighted by atomic mass is 16.2. The molecule has 0 N–H and O–H groups in total. The van der Waals surface area contributed by atoms with Crippen LogP contribution in [0.4, 0.5) is 0 Å². The average molecular weight is 439 g/mol. The van der Waals surface area contributed by atoms with E-state index in [1.165, 1.54) is 33.2 Å². The minimum absolute atomic E-state index is 0.123. The van der Waals surface area contributed by atoms with E-state index in [0.717, 1.165) is 25.2 Å². The molecule has 0 radical (unpaired) electrons. The van der Waals surface area contributed by atoms with Crippen LogP contribution in [0.25, 0.3) is 10.8 Å². The molecule has 1 saturated heterocycles. The summed E-state index contributed by atoms with van der Waals surface area (Å²) in [7, 11) is 0. The largest absolute Gasteiger partial charge is 0.335 e. The SMILES string of the molecule is O=C(c1ccc(=O)n(Cc2ccccc2)n1)N1CCN(Cc2cccc3ccccc23)CC1. The Balaban J connectivity index is 1.24. The zero-order valence-corrected chi connectivity index (χ0v) is 18.4. The molecule has 166 valence electrons. The van der Waals surface area contributed by atoms with Gasteiger partial charge in [0, 0.05) is 38.8 Å². The molecule has 0 spiro atoms. The molecule has 0 aliphatic carbocycles. The van der Waals surface area contributed by atoms with Crippen LogP contribution in [0, 0.1) is 0 Å². The highest BCUT2D eigenvalue weighted by Crippen LogP contribution is 2.20. The van der Waals surface area contributed by atoms with E-state index in [-0.39, 0.29) is 11.5 Å². The van der Waals surface area contributed by atoms with Crippen LogP contribution in [-0.2, 0) is 13.1 Å². The normalized spacial score (nSPS) is 14.5. The second-order valence-corrected chi connectivity index (χ2v) is 8.41. The Hall–Kier alpha value is -3.77. The third-order valence-corrected chi connectivity index (χ3v) is 6.19. The number of hydrogen-bond acceptors (Lipinski definition) is 4. The number of fused-ring (bicyclic) bond motifs is 1. The van der Waals surface area contributed by atoms with Gasteiger partial charge in [-0.3, -0.25) is 14.5 Å². The molecule has 33 heavy (non-hydrogen) atoms. The third-order valence-electron chi connectivity index (χ3n) is 6.19. The van der Waals surface area contributed by atoms with Gasteiger partial charge in [0.15, 0.2) is 0 Å². The zero-order chi connectivity index (χ0) is 22.6. The van der Waals surface area contributed by atoms with Gasteiger partial charge in [0.25, 0.3) is 11.5 Å². The molecule has 6 nitrogen and oxygen atoms in total. The molecule has 1 aromatic heterocycles. The van der Waals surface area contributed by atoms with Crippen molar-refractivity contribution in [2.75, 3.05) is 26.2 Å². The van der Waals surface area contributed by atoms with E-state index in [1.54, 1.807) is 0 Å². The molecule has 1 fully saturated rings. The van der Waals surface area contributed by atoms with Crippen LogP contribution in [-0.4, -0.2) is 51.7 Å². The van der Waals surface area contributed by atoms with Crippen molar-refractivity contribution in [3.05, 3.63) is 112 Å². The third kappa shape index (κ3) is 4.71. The molecule has 6 heteroatoms. The summed E-state index contributed by atoms with van der Waals surface area (Å²) in [5.41, 5.74) is 2.38. The lowest BCUT2D eigenvalue weighted by Gasteiger charge is -2.34. The number of rotatable bonds is 5. The zero-order valence-electron chi connectivity index (χ0n) is 18.4. The summed E-state index contributed by atoms with van der Waals surface area (Å²) in [6.07, 6.45) is 0. The molecular weight excluding hydrogens is 412 g/mol. The summed E-state index contributed by atoms with van der Waals surface area (Å²) in [5, 5.41) is 6.89. The lowest BCUT2D eigenvalue weighted by Crippen LogP contribution is -2.48. The second-order valence-electron chi connectivity index (χ2n) is 8.41. The van der Waals surface area contributed by atoms with Crippen LogP contribution in [0.5, 0.6) is 0 Å².